The lowest BCUT2D eigenvalue weighted by Gasteiger charge is -2.15. The number of aromatic nitrogens is 2. The van der Waals surface area contributed by atoms with Crippen molar-refractivity contribution < 1.29 is 35.9 Å². The number of benzene rings is 2. The van der Waals surface area contributed by atoms with E-state index in [-0.39, 0.29) is 23.8 Å². The summed E-state index contributed by atoms with van der Waals surface area (Å²) >= 11 is 0. The monoisotopic (exact) mass is 511 g/mol. The van der Waals surface area contributed by atoms with Crippen molar-refractivity contribution in [2.45, 2.75) is 24.7 Å². The number of nitrogens with one attached hydrogen (secondary N) is 3. The fraction of sp³-hybridized carbons (Fsp3) is 0.190. The summed E-state index contributed by atoms with van der Waals surface area (Å²) < 4.78 is 74.4. The number of carbonyl (C=O) groups is 1. The molecule has 0 aliphatic carbocycles. The van der Waals surface area contributed by atoms with Gasteiger partial charge in [0.25, 0.3) is 0 Å². The second kappa shape index (κ2) is 10.6. The molecule has 14 heteroatoms. The van der Waals surface area contributed by atoms with Crippen molar-refractivity contribution in [2.24, 2.45) is 0 Å². The Labute approximate surface area is 198 Å². The third-order valence-corrected chi connectivity index (χ3v) is 5.81. The topological polar surface area (TPSA) is 132 Å². The van der Waals surface area contributed by atoms with Gasteiger partial charge in [-0.25, -0.2) is 22.9 Å². The molecule has 186 valence electrons. The van der Waals surface area contributed by atoms with Gasteiger partial charge >= 0.3 is 12.4 Å². The van der Waals surface area contributed by atoms with Crippen molar-refractivity contribution in [3.05, 3.63) is 66.1 Å². The molecule has 0 aliphatic rings. The number of rotatable bonds is 8. The highest BCUT2D eigenvalue weighted by molar-refractivity contribution is 7.89. The third kappa shape index (κ3) is 7.28. The van der Waals surface area contributed by atoms with Crippen LogP contribution in [0, 0.1) is 6.92 Å². The van der Waals surface area contributed by atoms with Crippen LogP contribution in [0.3, 0.4) is 0 Å². The van der Waals surface area contributed by atoms with Crippen molar-refractivity contribution in [1.82, 2.24) is 14.7 Å². The number of amides is 2. The van der Waals surface area contributed by atoms with Crippen LogP contribution in [0.2, 0.25) is 0 Å². The molecule has 0 spiro atoms. The van der Waals surface area contributed by atoms with Gasteiger partial charge in [-0.2, -0.15) is 0 Å². The number of ether oxygens (including phenoxy) is 2. The minimum Gasteiger partial charge on any atom is -0.495 e. The summed E-state index contributed by atoms with van der Waals surface area (Å²) in [5, 5.41) is 5.08. The molecule has 0 atom stereocenters. The van der Waals surface area contributed by atoms with Crippen LogP contribution in [-0.2, 0) is 16.6 Å². The molecule has 0 radical (unpaired) electrons. The van der Waals surface area contributed by atoms with Crippen molar-refractivity contribution >= 4 is 27.6 Å². The largest absolute Gasteiger partial charge is 0.573 e. The Bertz CT molecular complexity index is 1300. The Morgan fingerprint density at radius 2 is 1.77 bits per heavy atom. The second-order valence-corrected chi connectivity index (χ2v) is 8.71. The van der Waals surface area contributed by atoms with Crippen molar-refractivity contribution in [1.29, 1.82) is 0 Å². The third-order valence-electron chi connectivity index (χ3n) is 4.37. The molecule has 0 saturated heterocycles. The number of hydrogen-bond donors (Lipinski definition) is 3. The maximum atomic E-state index is 12.6. The van der Waals surface area contributed by atoms with Crippen LogP contribution < -0.4 is 24.8 Å². The van der Waals surface area contributed by atoms with Gasteiger partial charge < -0.3 is 14.8 Å². The zero-order valence-electron chi connectivity index (χ0n) is 18.4. The number of hydrogen-bond acceptors (Lipinski definition) is 7. The fourth-order valence-corrected chi connectivity index (χ4v) is 3.96. The van der Waals surface area contributed by atoms with E-state index in [0.717, 1.165) is 12.1 Å². The number of halogens is 3. The van der Waals surface area contributed by atoms with E-state index >= 15 is 0 Å². The quantitative estimate of drug-likeness (QED) is 0.419. The molecule has 3 aromatic rings. The first-order valence-electron chi connectivity index (χ1n) is 9.85. The summed E-state index contributed by atoms with van der Waals surface area (Å²) in [6, 6.07) is 8.21. The molecule has 0 saturated carbocycles. The molecule has 3 N–H and O–H groups in total. The number of nitrogens with zero attached hydrogens (tertiary/aromatic N) is 2. The molecule has 0 bridgehead atoms. The molecule has 3 rings (SSSR count). The number of alkyl halides is 3. The second-order valence-electron chi connectivity index (χ2n) is 6.98. The zero-order chi connectivity index (χ0) is 25.6. The van der Waals surface area contributed by atoms with Crippen molar-refractivity contribution in [2.75, 3.05) is 17.7 Å². The molecule has 1 heterocycles. The lowest BCUT2D eigenvalue weighted by molar-refractivity contribution is -0.275. The SMILES string of the molecule is COc1cc(CNS(=O)(=O)c2ccccc2OC(F)(F)F)ccc1NC(=O)Nc1cnc(C)cn1. The molecule has 35 heavy (non-hydrogen) atoms. The summed E-state index contributed by atoms with van der Waals surface area (Å²) in [4.78, 5) is 19.6. The molecular formula is C21H20F3N5O5S. The maximum Gasteiger partial charge on any atom is 0.573 e. The number of aryl methyl sites for hydroxylation is 1. The number of anilines is 2. The average molecular weight is 511 g/mol. The van der Waals surface area contributed by atoms with Gasteiger partial charge in [-0.1, -0.05) is 18.2 Å². The number of methoxy groups -OCH3 is 1. The van der Waals surface area contributed by atoms with Gasteiger partial charge in [0.1, 0.15) is 16.4 Å². The van der Waals surface area contributed by atoms with Crippen LogP contribution in [0.4, 0.5) is 29.5 Å². The first-order valence-corrected chi connectivity index (χ1v) is 11.3. The van der Waals surface area contributed by atoms with Crippen LogP contribution in [0.15, 0.2) is 59.8 Å². The van der Waals surface area contributed by atoms with Gasteiger partial charge in [0.05, 0.1) is 30.9 Å². The summed E-state index contributed by atoms with van der Waals surface area (Å²) in [7, 11) is -3.01. The van der Waals surface area contributed by atoms with E-state index in [1.807, 2.05) is 0 Å². The first kappa shape index (κ1) is 25.7. The van der Waals surface area contributed by atoms with Crippen molar-refractivity contribution in [3.8, 4) is 11.5 Å². The lowest BCUT2D eigenvalue weighted by atomic mass is 10.2. The van der Waals surface area contributed by atoms with Crippen LogP contribution in [0.1, 0.15) is 11.3 Å². The maximum absolute atomic E-state index is 12.6. The van der Waals surface area contributed by atoms with Gasteiger partial charge in [0.15, 0.2) is 5.82 Å². The van der Waals surface area contributed by atoms with Crippen LogP contribution in [0.25, 0.3) is 0 Å². The molecule has 0 unspecified atom stereocenters. The number of sulfonamides is 1. The molecule has 0 fully saturated rings. The van der Waals surface area contributed by atoms with Gasteiger partial charge in [0, 0.05) is 6.54 Å². The number of urea groups is 1. The highest BCUT2D eigenvalue weighted by atomic mass is 32.2. The average Bonchev–Trinajstić information content (AvgIpc) is 2.79. The molecule has 10 nitrogen and oxygen atoms in total. The van der Waals surface area contributed by atoms with Crippen LogP contribution in [-0.4, -0.2) is 37.9 Å². The van der Waals surface area contributed by atoms with Crippen LogP contribution in [0.5, 0.6) is 11.5 Å². The van der Waals surface area contributed by atoms with E-state index in [1.54, 1.807) is 6.92 Å². The Hall–Kier alpha value is -3.91. The minimum absolute atomic E-state index is 0.215. The molecule has 0 aliphatic heterocycles. The van der Waals surface area contributed by atoms with E-state index in [1.165, 1.54) is 49.8 Å². The zero-order valence-corrected chi connectivity index (χ0v) is 19.2. The molecular weight excluding hydrogens is 491 g/mol. The summed E-state index contributed by atoms with van der Waals surface area (Å²) in [6.45, 7) is 1.48. The number of para-hydroxylation sites is 1. The van der Waals surface area contributed by atoms with E-state index in [4.69, 9.17) is 4.74 Å². The molecule has 1 aromatic heterocycles. The Morgan fingerprint density at radius 3 is 2.43 bits per heavy atom. The van der Waals surface area contributed by atoms with Crippen molar-refractivity contribution in [3.63, 3.8) is 0 Å². The highest BCUT2D eigenvalue weighted by Crippen LogP contribution is 2.30. The minimum atomic E-state index is -5.06. The van der Waals surface area contributed by atoms with E-state index in [0.29, 0.717) is 11.3 Å². The molecule has 2 amide bonds. The Morgan fingerprint density at radius 1 is 1.03 bits per heavy atom. The molecule has 2 aromatic carbocycles. The fourth-order valence-electron chi connectivity index (χ4n) is 2.81. The van der Waals surface area contributed by atoms with Crippen LogP contribution >= 0.6 is 0 Å². The predicted octanol–water partition coefficient (Wildman–Crippen LogP) is 3.81. The van der Waals surface area contributed by atoms with E-state index in [2.05, 4.69) is 30.1 Å². The highest BCUT2D eigenvalue weighted by Gasteiger charge is 2.34. The van der Waals surface area contributed by atoms with Gasteiger partial charge in [-0.3, -0.25) is 10.3 Å². The Kier molecular flexibility index (Phi) is 7.76. The summed E-state index contributed by atoms with van der Waals surface area (Å²) in [5.41, 5.74) is 1.37. The first-order chi connectivity index (χ1) is 16.5. The lowest BCUT2D eigenvalue weighted by Crippen LogP contribution is -2.25. The summed E-state index contributed by atoms with van der Waals surface area (Å²) in [5.74, 6) is -0.408. The standard InChI is InChI=1S/C21H20F3N5O5S/c1-13-10-26-19(12-25-13)29-20(30)28-15-8-7-14(9-17(15)33-2)11-27-35(31,32)18-6-4-3-5-16(18)34-21(22,23)24/h3-10,12,27H,11H2,1-2H3,(H2,26,28,29,30). The predicted molar refractivity (Wildman–Crippen MR) is 120 cm³/mol. The van der Waals surface area contributed by atoms with E-state index < -0.39 is 33.1 Å². The normalized spacial score (nSPS) is 11.6. The van der Waals surface area contributed by atoms with E-state index in [9.17, 15) is 26.4 Å². The number of carbonyl (C=O) groups excluding carboxylic acids is 1. The van der Waals surface area contributed by atoms with Gasteiger partial charge in [-0.15, -0.1) is 13.2 Å². The Balaban J connectivity index is 1.69. The summed E-state index contributed by atoms with van der Waals surface area (Å²) in [6.07, 6.45) is -2.18. The smallest absolute Gasteiger partial charge is 0.495 e. The van der Waals surface area contributed by atoms with Gasteiger partial charge in [-0.05, 0) is 36.8 Å². The van der Waals surface area contributed by atoms with Gasteiger partial charge in [0.2, 0.25) is 10.0 Å².